The lowest BCUT2D eigenvalue weighted by atomic mass is 9.94. The third-order valence-electron chi connectivity index (χ3n) is 4.17. The highest BCUT2D eigenvalue weighted by Crippen LogP contribution is 2.41. The Labute approximate surface area is 133 Å². The van der Waals surface area contributed by atoms with Gasteiger partial charge in [-0.25, -0.2) is 8.78 Å². The maximum atomic E-state index is 13.7. The van der Waals surface area contributed by atoms with Crippen LogP contribution in [0.15, 0.2) is 42.5 Å². The molecule has 5 heteroatoms. The zero-order valence-corrected chi connectivity index (χ0v) is 13.2. The van der Waals surface area contributed by atoms with Crippen molar-refractivity contribution >= 4 is 17.3 Å². The number of hydrogen-bond acceptors (Lipinski definition) is 2. The first-order valence-electron chi connectivity index (χ1n) is 7.47. The van der Waals surface area contributed by atoms with Gasteiger partial charge in [0.15, 0.2) is 11.6 Å². The number of rotatable bonds is 2. The van der Waals surface area contributed by atoms with Crippen molar-refractivity contribution in [2.24, 2.45) is 0 Å². The molecule has 1 amide bonds. The summed E-state index contributed by atoms with van der Waals surface area (Å²) in [6.07, 6.45) is 0. The molecule has 2 aromatic rings. The van der Waals surface area contributed by atoms with Gasteiger partial charge in [-0.1, -0.05) is 30.3 Å². The Morgan fingerprint density at radius 1 is 1.09 bits per heavy atom. The summed E-state index contributed by atoms with van der Waals surface area (Å²) in [5.74, 6) is -2.09. The molecule has 0 radical (unpaired) electrons. The van der Waals surface area contributed by atoms with Crippen LogP contribution in [0.25, 0.3) is 0 Å². The molecule has 0 spiro atoms. The Balaban J connectivity index is 2.15. The quantitative estimate of drug-likeness (QED) is 0.897. The van der Waals surface area contributed by atoms with Gasteiger partial charge in [0.05, 0.1) is 17.4 Å². The molecule has 1 aliphatic rings. The van der Waals surface area contributed by atoms with E-state index in [1.54, 1.807) is 13.8 Å². The molecule has 1 atom stereocenters. The number of carbonyl (C=O) groups excluding carboxylic acids is 1. The molecule has 0 saturated heterocycles. The molecule has 0 saturated carbocycles. The highest BCUT2D eigenvalue weighted by atomic mass is 19.2. The smallest absolute Gasteiger partial charge is 0.252 e. The molecule has 0 fully saturated rings. The predicted octanol–water partition coefficient (Wildman–Crippen LogP) is 4.26. The van der Waals surface area contributed by atoms with Crippen LogP contribution in [0.4, 0.5) is 20.2 Å². The summed E-state index contributed by atoms with van der Waals surface area (Å²) < 4.78 is 27.3. The van der Waals surface area contributed by atoms with E-state index in [2.05, 4.69) is 5.32 Å². The normalized spacial score (nSPS) is 17.4. The first kappa shape index (κ1) is 15.5. The van der Waals surface area contributed by atoms with Crippen LogP contribution in [0, 0.1) is 11.6 Å². The van der Waals surface area contributed by atoms with Crippen molar-refractivity contribution < 1.29 is 13.6 Å². The molecule has 0 bridgehead atoms. The maximum Gasteiger partial charge on any atom is 0.252 e. The van der Waals surface area contributed by atoms with Crippen molar-refractivity contribution in [3.8, 4) is 0 Å². The first-order valence-corrected chi connectivity index (χ1v) is 7.47. The van der Waals surface area contributed by atoms with Gasteiger partial charge in [-0.2, -0.15) is 0 Å². The molecule has 0 aromatic heterocycles. The summed E-state index contributed by atoms with van der Waals surface area (Å²) in [6.45, 7) is 5.33. The summed E-state index contributed by atoms with van der Waals surface area (Å²) in [4.78, 5) is 14.4. The van der Waals surface area contributed by atoms with Crippen LogP contribution in [-0.2, 0) is 4.79 Å². The Morgan fingerprint density at radius 3 is 2.35 bits per heavy atom. The number of nitrogens with one attached hydrogen (secondary N) is 1. The fraction of sp³-hybridized carbons (Fsp3) is 0.278. The van der Waals surface area contributed by atoms with Gasteiger partial charge in [0.2, 0.25) is 0 Å². The van der Waals surface area contributed by atoms with Crippen molar-refractivity contribution in [1.29, 1.82) is 0 Å². The minimum atomic E-state index is -0.969. The predicted molar refractivity (Wildman–Crippen MR) is 86.4 cm³/mol. The van der Waals surface area contributed by atoms with Crippen molar-refractivity contribution in [1.82, 2.24) is 0 Å². The number of hydrogen-bond donors (Lipinski definition) is 1. The third kappa shape index (κ3) is 2.56. The lowest BCUT2D eigenvalue weighted by Gasteiger charge is -2.42. The highest BCUT2D eigenvalue weighted by Gasteiger charge is 2.41. The van der Waals surface area contributed by atoms with Crippen molar-refractivity contribution in [3.05, 3.63) is 59.7 Å². The van der Waals surface area contributed by atoms with Crippen LogP contribution < -0.4 is 10.2 Å². The monoisotopic (exact) mass is 316 g/mol. The molecule has 120 valence electrons. The SMILES string of the molecule is CC(c1ccccc1)N1C(=O)C(C)(C)Nc2cc(F)c(F)cc21. The standard InChI is InChI=1S/C18H18F2N2O/c1-11(12-7-5-4-6-8-12)22-16-10-14(20)13(19)9-15(16)21-18(2,3)17(22)23/h4-11,21H,1-3H3. The average Bonchev–Trinajstić information content (AvgIpc) is 2.51. The van der Waals surface area contributed by atoms with Gasteiger partial charge >= 0.3 is 0 Å². The van der Waals surface area contributed by atoms with E-state index in [1.807, 2.05) is 37.3 Å². The zero-order chi connectivity index (χ0) is 16.8. The molecular weight excluding hydrogens is 298 g/mol. The fourth-order valence-electron chi connectivity index (χ4n) is 2.90. The van der Waals surface area contributed by atoms with E-state index in [9.17, 15) is 13.6 Å². The lowest BCUT2D eigenvalue weighted by molar-refractivity contribution is -0.122. The van der Waals surface area contributed by atoms with Crippen molar-refractivity contribution in [2.45, 2.75) is 32.4 Å². The maximum absolute atomic E-state index is 13.7. The molecule has 3 nitrogen and oxygen atoms in total. The molecule has 23 heavy (non-hydrogen) atoms. The summed E-state index contributed by atoms with van der Waals surface area (Å²) >= 11 is 0. The largest absolute Gasteiger partial charge is 0.370 e. The van der Waals surface area contributed by atoms with Gasteiger partial charge in [-0.15, -0.1) is 0 Å². The topological polar surface area (TPSA) is 32.3 Å². The minimum absolute atomic E-state index is 0.188. The Kier molecular flexibility index (Phi) is 3.59. The second-order valence-corrected chi connectivity index (χ2v) is 6.30. The molecule has 2 aromatic carbocycles. The van der Waals surface area contributed by atoms with E-state index >= 15 is 0 Å². The van der Waals surface area contributed by atoms with E-state index in [0.717, 1.165) is 17.7 Å². The van der Waals surface area contributed by atoms with E-state index in [-0.39, 0.29) is 11.9 Å². The van der Waals surface area contributed by atoms with E-state index in [4.69, 9.17) is 0 Å². The highest BCUT2D eigenvalue weighted by molar-refractivity contribution is 6.07. The van der Waals surface area contributed by atoms with Gasteiger partial charge in [0, 0.05) is 12.1 Å². The third-order valence-corrected chi connectivity index (χ3v) is 4.17. The first-order chi connectivity index (χ1) is 10.8. The van der Waals surface area contributed by atoms with Gasteiger partial charge in [0.25, 0.3) is 5.91 Å². The van der Waals surface area contributed by atoms with Crippen LogP contribution in [-0.4, -0.2) is 11.4 Å². The van der Waals surface area contributed by atoms with Crippen LogP contribution in [0.2, 0.25) is 0 Å². The van der Waals surface area contributed by atoms with Crippen molar-refractivity contribution in [3.63, 3.8) is 0 Å². The van der Waals surface area contributed by atoms with Crippen molar-refractivity contribution in [2.75, 3.05) is 10.2 Å². The van der Waals surface area contributed by atoms with E-state index < -0.39 is 17.2 Å². The Morgan fingerprint density at radius 2 is 1.70 bits per heavy atom. The number of halogens is 2. The van der Waals surface area contributed by atoms with Gasteiger partial charge in [-0.3, -0.25) is 4.79 Å². The van der Waals surface area contributed by atoms with Crippen LogP contribution in [0.3, 0.4) is 0 Å². The van der Waals surface area contributed by atoms with Gasteiger partial charge in [-0.05, 0) is 26.3 Å². The Hall–Kier alpha value is -2.43. The summed E-state index contributed by atoms with van der Waals surface area (Å²) in [5.41, 5.74) is 0.787. The molecule has 1 unspecified atom stereocenters. The van der Waals surface area contributed by atoms with Gasteiger partial charge < -0.3 is 10.2 Å². The number of nitrogens with zero attached hydrogens (tertiary/aromatic N) is 1. The number of amides is 1. The second kappa shape index (κ2) is 5.33. The van der Waals surface area contributed by atoms with Gasteiger partial charge in [0.1, 0.15) is 5.54 Å². The Bertz CT molecular complexity index is 759. The van der Waals surface area contributed by atoms with Crippen LogP contribution in [0.1, 0.15) is 32.4 Å². The van der Waals surface area contributed by atoms with E-state index in [1.165, 1.54) is 4.90 Å². The lowest BCUT2D eigenvalue weighted by Crippen LogP contribution is -2.54. The fourth-order valence-corrected chi connectivity index (χ4v) is 2.90. The minimum Gasteiger partial charge on any atom is -0.370 e. The zero-order valence-electron chi connectivity index (χ0n) is 13.2. The average molecular weight is 316 g/mol. The summed E-state index contributed by atoms with van der Waals surface area (Å²) in [7, 11) is 0. The second-order valence-electron chi connectivity index (χ2n) is 6.30. The van der Waals surface area contributed by atoms with Crippen LogP contribution >= 0.6 is 0 Å². The van der Waals surface area contributed by atoms with E-state index in [0.29, 0.717) is 11.4 Å². The molecule has 3 rings (SSSR count). The molecular formula is C18H18F2N2O. The number of carbonyl (C=O) groups is 1. The number of benzene rings is 2. The molecule has 1 heterocycles. The number of fused-ring (bicyclic) bond motifs is 1. The number of anilines is 2. The summed E-state index contributed by atoms with van der Waals surface area (Å²) in [5, 5.41) is 2.99. The summed E-state index contributed by atoms with van der Waals surface area (Å²) in [6, 6.07) is 11.4. The molecule has 0 aliphatic carbocycles. The van der Waals surface area contributed by atoms with Crippen LogP contribution in [0.5, 0.6) is 0 Å². The molecule has 1 N–H and O–H groups in total. The molecule has 1 aliphatic heterocycles.